The van der Waals surface area contributed by atoms with Gasteiger partial charge < -0.3 is 15.0 Å². The number of rotatable bonds is 4. The van der Waals surface area contributed by atoms with E-state index in [9.17, 15) is 9.59 Å². The predicted octanol–water partition coefficient (Wildman–Crippen LogP) is 3.15. The molecular weight excluding hydrogens is 324 g/mol. The third-order valence-electron chi connectivity index (χ3n) is 5.48. The lowest BCUT2D eigenvalue weighted by Gasteiger charge is -2.32. The Morgan fingerprint density at radius 1 is 1.33 bits per heavy atom. The SMILES string of the molecule is COC(=O)N1CCC(CNC(=O)C2(c3cccs3)CCCC2)CC1. The van der Waals surface area contributed by atoms with Crippen LogP contribution in [0.2, 0.25) is 0 Å². The summed E-state index contributed by atoms with van der Waals surface area (Å²) in [6.07, 6.45) is 5.76. The highest BCUT2D eigenvalue weighted by molar-refractivity contribution is 7.10. The summed E-state index contributed by atoms with van der Waals surface area (Å²) < 4.78 is 4.76. The molecule has 1 aliphatic carbocycles. The first-order valence-electron chi connectivity index (χ1n) is 8.81. The van der Waals surface area contributed by atoms with Crippen LogP contribution in [0.4, 0.5) is 4.79 Å². The molecule has 2 amide bonds. The molecule has 0 radical (unpaired) electrons. The summed E-state index contributed by atoms with van der Waals surface area (Å²) >= 11 is 1.70. The molecule has 1 aromatic heterocycles. The number of thiophene rings is 1. The highest BCUT2D eigenvalue weighted by Crippen LogP contribution is 2.43. The molecule has 0 spiro atoms. The van der Waals surface area contributed by atoms with Gasteiger partial charge in [0.1, 0.15) is 0 Å². The van der Waals surface area contributed by atoms with Crippen LogP contribution in [0.5, 0.6) is 0 Å². The quantitative estimate of drug-likeness (QED) is 0.907. The first kappa shape index (κ1) is 17.3. The lowest BCUT2D eigenvalue weighted by atomic mass is 9.83. The Bertz CT molecular complexity index is 559. The summed E-state index contributed by atoms with van der Waals surface area (Å²) in [4.78, 5) is 27.4. The van der Waals surface area contributed by atoms with Gasteiger partial charge in [-0.3, -0.25) is 4.79 Å². The van der Waals surface area contributed by atoms with Gasteiger partial charge in [-0.25, -0.2) is 4.79 Å². The maximum absolute atomic E-state index is 12.9. The molecule has 1 saturated carbocycles. The summed E-state index contributed by atoms with van der Waals surface area (Å²) in [5.74, 6) is 0.634. The number of carbonyl (C=O) groups is 2. The third kappa shape index (κ3) is 3.43. The number of nitrogens with zero attached hydrogens (tertiary/aromatic N) is 1. The maximum atomic E-state index is 12.9. The lowest BCUT2D eigenvalue weighted by Crippen LogP contribution is -2.46. The third-order valence-corrected chi connectivity index (χ3v) is 6.56. The van der Waals surface area contributed by atoms with E-state index >= 15 is 0 Å². The first-order chi connectivity index (χ1) is 11.7. The molecule has 2 fully saturated rings. The molecule has 24 heavy (non-hydrogen) atoms. The zero-order valence-electron chi connectivity index (χ0n) is 14.3. The Kier molecular flexibility index (Phi) is 5.43. The molecule has 1 N–H and O–H groups in total. The van der Waals surface area contributed by atoms with E-state index in [2.05, 4.69) is 16.8 Å². The normalized spacial score (nSPS) is 20.8. The van der Waals surface area contributed by atoms with Crippen LogP contribution >= 0.6 is 11.3 Å². The molecule has 0 bridgehead atoms. The van der Waals surface area contributed by atoms with Crippen molar-refractivity contribution >= 4 is 23.3 Å². The predicted molar refractivity (Wildman–Crippen MR) is 94.2 cm³/mol. The molecule has 0 atom stereocenters. The van der Waals surface area contributed by atoms with Gasteiger partial charge in [0.2, 0.25) is 5.91 Å². The van der Waals surface area contributed by atoms with Crippen LogP contribution in [0.25, 0.3) is 0 Å². The van der Waals surface area contributed by atoms with Crippen molar-refractivity contribution in [2.24, 2.45) is 5.92 Å². The summed E-state index contributed by atoms with van der Waals surface area (Å²) in [6, 6.07) is 4.14. The van der Waals surface area contributed by atoms with E-state index in [4.69, 9.17) is 4.74 Å². The van der Waals surface area contributed by atoms with Crippen LogP contribution in [-0.4, -0.2) is 43.6 Å². The first-order valence-corrected chi connectivity index (χ1v) is 9.69. The maximum Gasteiger partial charge on any atom is 0.409 e. The number of ether oxygens (including phenoxy) is 1. The smallest absolute Gasteiger partial charge is 0.409 e. The number of methoxy groups -OCH3 is 1. The molecule has 1 aromatic rings. The Hall–Kier alpha value is -1.56. The highest BCUT2D eigenvalue weighted by Gasteiger charge is 2.43. The molecule has 0 aromatic carbocycles. The number of carbonyl (C=O) groups excluding carboxylic acids is 2. The Balaban J connectivity index is 1.53. The van der Waals surface area contributed by atoms with Crippen molar-refractivity contribution in [3.05, 3.63) is 22.4 Å². The fourth-order valence-corrected chi connectivity index (χ4v) is 4.95. The van der Waals surface area contributed by atoms with Crippen LogP contribution < -0.4 is 5.32 Å². The van der Waals surface area contributed by atoms with Gasteiger partial charge >= 0.3 is 6.09 Å². The second-order valence-electron chi connectivity index (χ2n) is 6.88. The van der Waals surface area contributed by atoms with E-state index in [1.165, 1.54) is 12.0 Å². The summed E-state index contributed by atoms with van der Waals surface area (Å²) in [7, 11) is 1.42. The highest BCUT2D eigenvalue weighted by atomic mass is 32.1. The second kappa shape index (κ2) is 7.55. The van der Waals surface area contributed by atoms with E-state index in [1.54, 1.807) is 16.2 Å². The summed E-state index contributed by atoms with van der Waals surface area (Å²) in [5.41, 5.74) is -0.305. The van der Waals surface area contributed by atoms with Crippen molar-refractivity contribution in [2.75, 3.05) is 26.7 Å². The summed E-state index contributed by atoms with van der Waals surface area (Å²) in [5, 5.41) is 5.28. The average molecular weight is 350 g/mol. The van der Waals surface area contributed by atoms with Gasteiger partial charge in [-0.05, 0) is 43.0 Å². The Labute approximate surface area is 147 Å². The van der Waals surface area contributed by atoms with Crippen molar-refractivity contribution in [2.45, 2.75) is 43.9 Å². The standard InChI is InChI=1S/C18H26N2O3S/c1-23-17(22)20-10-6-14(7-11-20)13-19-16(21)18(8-2-3-9-18)15-5-4-12-24-15/h4-5,12,14H,2-3,6-11,13H2,1H3,(H,19,21). The minimum atomic E-state index is -0.305. The topological polar surface area (TPSA) is 58.6 Å². The zero-order chi connectivity index (χ0) is 17.0. The number of likely N-dealkylation sites (tertiary alicyclic amines) is 1. The van der Waals surface area contributed by atoms with Gasteiger partial charge in [0, 0.05) is 24.5 Å². The van der Waals surface area contributed by atoms with Gasteiger partial charge in [0.15, 0.2) is 0 Å². The van der Waals surface area contributed by atoms with Gasteiger partial charge in [-0.15, -0.1) is 11.3 Å². The van der Waals surface area contributed by atoms with Crippen LogP contribution in [0.1, 0.15) is 43.4 Å². The van der Waals surface area contributed by atoms with E-state index in [-0.39, 0.29) is 17.4 Å². The molecule has 0 unspecified atom stereocenters. The monoisotopic (exact) mass is 350 g/mol. The van der Waals surface area contributed by atoms with E-state index in [0.29, 0.717) is 25.6 Å². The van der Waals surface area contributed by atoms with Crippen LogP contribution in [0.15, 0.2) is 17.5 Å². The van der Waals surface area contributed by atoms with Crippen molar-refractivity contribution in [3.8, 4) is 0 Å². The van der Waals surface area contributed by atoms with Crippen molar-refractivity contribution in [1.29, 1.82) is 0 Å². The van der Waals surface area contributed by atoms with Crippen molar-refractivity contribution in [3.63, 3.8) is 0 Å². The Morgan fingerprint density at radius 3 is 2.62 bits per heavy atom. The van der Waals surface area contributed by atoms with Crippen LogP contribution in [0.3, 0.4) is 0 Å². The minimum absolute atomic E-state index is 0.192. The van der Waals surface area contributed by atoms with E-state index in [0.717, 1.165) is 38.5 Å². The molecule has 2 aliphatic rings. The Morgan fingerprint density at radius 2 is 2.04 bits per heavy atom. The van der Waals surface area contributed by atoms with Gasteiger partial charge in [0.05, 0.1) is 12.5 Å². The summed E-state index contributed by atoms with van der Waals surface area (Å²) in [6.45, 7) is 2.13. The second-order valence-corrected chi connectivity index (χ2v) is 7.82. The fourth-order valence-electron chi connectivity index (χ4n) is 3.97. The van der Waals surface area contributed by atoms with Gasteiger partial charge in [-0.2, -0.15) is 0 Å². The molecular formula is C18H26N2O3S. The number of hydrogen-bond donors (Lipinski definition) is 1. The molecule has 1 saturated heterocycles. The van der Waals surface area contributed by atoms with E-state index in [1.807, 2.05) is 6.07 Å². The molecule has 132 valence electrons. The zero-order valence-corrected chi connectivity index (χ0v) is 15.1. The van der Waals surface area contributed by atoms with Crippen LogP contribution in [-0.2, 0) is 14.9 Å². The van der Waals surface area contributed by atoms with Crippen LogP contribution in [0, 0.1) is 5.92 Å². The molecule has 3 rings (SSSR count). The fraction of sp³-hybridized carbons (Fsp3) is 0.667. The van der Waals surface area contributed by atoms with Gasteiger partial charge in [-0.1, -0.05) is 18.9 Å². The largest absolute Gasteiger partial charge is 0.453 e. The molecule has 6 heteroatoms. The van der Waals surface area contributed by atoms with E-state index < -0.39 is 0 Å². The molecule has 2 heterocycles. The lowest BCUT2D eigenvalue weighted by molar-refractivity contribution is -0.126. The number of hydrogen-bond acceptors (Lipinski definition) is 4. The number of amides is 2. The molecule has 5 nitrogen and oxygen atoms in total. The minimum Gasteiger partial charge on any atom is -0.453 e. The molecule has 1 aliphatic heterocycles. The van der Waals surface area contributed by atoms with Crippen molar-refractivity contribution < 1.29 is 14.3 Å². The average Bonchev–Trinajstić information content (AvgIpc) is 3.31. The number of nitrogens with one attached hydrogen (secondary N) is 1. The number of piperidine rings is 1. The van der Waals surface area contributed by atoms with Crippen molar-refractivity contribution in [1.82, 2.24) is 10.2 Å². The van der Waals surface area contributed by atoms with Gasteiger partial charge in [0.25, 0.3) is 0 Å².